The van der Waals surface area contributed by atoms with E-state index >= 15 is 0 Å². The molecule has 0 saturated heterocycles. The molecule has 2 nitrogen and oxygen atoms in total. The number of hydrogen-bond donors (Lipinski definition) is 1. The van der Waals surface area contributed by atoms with Crippen LogP contribution >= 0.6 is 0 Å². The van der Waals surface area contributed by atoms with E-state index in [0.29, 0.717) is 0 Å². The zero-order valence-corrected chi connectivity index (χ0v) is 10.7. The van der Waals surface area contributed by atoms with Crippen LogP contribution < -0.4 is 0 Å². The van der Waals surface area contributed by atoms with Crippen LogP contribution in [0.3, 0.4) is 0 Å². The quantitative estimate of drug-likeness (QED) is 0.879. The van der Waals surface area contributed by atoms with Gasteiger partial charge in [-0.2, -0.15) is 0 Å². The minimum Gasteiger partial charge on any atom is -0.481 e. The second-order valence-corrected chi connectivity index (χ2v) is 5.90. The Balaban J connectivity index is 2.10. The molecule has 0 amide bonds. The fourth-order valence-corrected chi connectivity index (χ4v) is 4.21. The molecule has 96 valence electrons. The van der Waals surface area contributed by atoms with Crippen molar-refractivity contribution in [2.24, 2.45) is 5.41 Å². The second-order valence-electron chi connectivity index (χ2n) is 5.90. The zero-order valence-electron chi connectivity index (χ0n) is 10.7. The first kappa shape index (κ1) is 11.8. The average molecular weight is 244 g/mol. The van der Waals surface area contributed by atoms with Crippen molar-refractivity contribution in [2.75, 3.05) is 0 Å². The minimum atomic E-state index is -0.570. The first-order valence-electron chi connectivity index (χ1n) is 7.00. The molecule has 2 aliphatic carbocycles. The molecule has 18 heavy (non-hydrogen) atoms. The van der Waals surface area contributed by atoms with Gasteiger partial charge in [-0.05, 0) is 31.2 Å². The molecule has 0 aromatic heterocycles. The fourth-order valence-electron chi connectivity index (χ4n) is 4.21. The summed E-state index contributed by atoms with van der Waals surface area (Å²) in [6.07, 6.45) is 7.22. The molecule has 2 aliphatic rings. The maximum Gasteiger partial charge on any atom is 0.310 e. The Labute approximate surface area is 108 Å². The van der Waals surface area contributed by atoms with E-state index in [-0.39, 0.29) is 5.41 Å². The fraction of sp³-hybridized carbons (Fsp3) is 0.562. The molecule has 1 aromatic carbocycles. The highest BCUT2D eigenvalue weighted by Crippen LogP contribution is 2.61. The van der Waals surface area contributed by atoms with Crippen LogP contribution in [-0.4, -0.2) is 11.1 Å². The van der Waals surface area contributed by atoms with Gasteiger partial charge in [0.05, 0.1) is 5.41 Å². The molecule has 3 rings (SSSR count). The molecule has 2 fully saturated rings. The van der Waals surface area contributed by atoms with Crippen molar-refractivity contribution >= 4 is 5.97 Å². The number of benzene rings is 1. The maximum atomic E-state index is 11.9. The van der Waals surface area contributed by atoms with Gasteiger partial charge in [0.1, 0.15) is 0 Å². The summed E-state index contributed by atoms with van der Waals surface area (Å²) in [5, 5.41) is 9.77. The highest BCUT2D eigenvalue weighted by Gasteiger charge is 2.60. The lowest BCUT2D eigenvalue weighted by molar-refractivity contribution is -0.162. The molecule has 0 radical (unpaired) electrons. The van der Waals surface area contributed by atoms with E-state index < -0.39 is 11.4 Å². The Bertz CT molecular complexity index is 439. The van der Waals surface area contributed by atoms with Crippen LogP contribution in [0.15, 0.2) is 30.3 Å². The molecule has 0 unspecified atom stereocenters. The van der Waals surface area contributed by atoms with E-state index in [1.165, 1.54) is 18.4 Å². The van der Waals surface area contributed by atoms with Crippen LogP contribution in [0.5, 0.6) is 0 Å². The van der Waals surface area contributed by atoms with Gasteiger partial charge in [-0.1, -0.05) is 49.6 Å². The van der Waals surface area contributed by atoms with Gasteiger partial charge in [0.15, 0.2) is 0 Å². The second kappa shape index (κ2) is 4.11. The number of hydrogen-bond acceptors (Lipinski definition) is 1. The number of aliphatic carboxylic acids is 1. The number of carbonyl (C=O) groups is 1. The van der Waals surface area contributed by atoms with Crippen molar-refractivity contribution in [1.29, 1.82) is 0 Å². The van der Waals surface area contributed by atoms with E-state index in [0.717, 1.165) is 32.1 Å². The lowest BCUT2D eigenvalue weighted by Gasteiger charge is -2.52. The van der Waals surface area contributed by atoms with Gasteiger partial charge < -0.3 is 5.11 Å². The van der Waals surface area contributed by atoms with Gasteiger partial charge in [0.2, 0.25) is 0 Å². The van der Waals surface area contributed by atoms with Gasteiger partial charge in [-0.3, -0.25) is 4.79 Å². The van der Waals surface area contributed by atoms with Crippen molar-refractivity contribution in [3.63, 3.8) is 0 Å². The van der Waals surface area contributed by atoms with Crippen LogP contribution in [0.4, 0.5) is 0 Å². The maximum absolute atomic E-state index is 11.9. The third-order valence-corrected chi connectivity index (χ3v) is 5.32. The first-order valence-corrected chi connectivity index (χ1v) is 7.00. The molecule has 2 heteroatoms. The minimum absolute atomic E-state index is 0.0989. The monoisotopic (exact) mass is 244 g/mol. The summed E-state index contributed by atoms with van der Waals surface area (Å²) in [7, 11) is 0. The molecule has 1 N–H and O–H groups in total. The van der Waals surface area contributed by atoms with E-state index in [1.807, 2.05) is 18.2 Å². The normalized spacial score (nSPS) is 24.4. The predicted molar refractivity (Wildman–Crippen MR) is 70.5 cm³/mol. The van der Waals surface area contributed by atoms with Crippen LogP contribution in [0.25, 0.3) is 0 Å². The van der Waals surface area contributed by atoms with Gasteiger partial charge >= 0.3 is 5.97 Å². The SMILES string of the molecule is O=C(O)C1(C2(c3ccccc3)CCCC2)CCC1. The van der Waals surface area contributed by atoms with E-state index in [2.05, 4.69) is 12.1 Å². The number of carboxylic acids is 1. The number of carboxylic acid groups (broad SMARTS) is 1. The van der Waals surface area contributed by atoms with Crippen molar-refractivity contribution < 1.29 is 9.90 Å². The predicted octanol–water partition coefficient (Wildman–Crippen LogP) is 3.75. The zero-order chi connectivity index (χ0) is 12.6. The molecular formula is C16H20O2. The Hall–Kier alpha value is -1.31. The van der Waals surface area contributed by atoms with Crippen LogP contribution in [-0.2, 0) is 10.2 Å². The van der Waals surface area contributed by atoms with Crippen molar-refractivity contribution in [1.82, 2.24) is 0 Å². The molecule has 2 saturated carbocycles. The van der Waals surface area contributed by atoms with Gasteiger partial charge in [-0.25, -0.2) is 0 Å². The number of rotatable bonds is 3. The average Bonchev–Trinajstić information content (AvgIpc) is 2.79. The Morgan fingerprint density at radius 2 is 1.56 bits per heavy atom. The van der Waals surface area contributed by atoms with Crippen molar-refractivity contribution in [3.8, 4) is 0 Å². The summed E-state index contributed by atoms with van der Waals surface area (Å²) >= 11 is 0. The van der Waals surface area contributed by atoms with Gasteiger partial charge in [0, 0.05) is 5.41 Å². The third kappa shape index (κ3) is 1.38. The lowest BCUT2D eigenvalue weighted by Crippen LogP contribution is -2.54. The summed E-state index contributed by atoms with van der Waals surface area (Å²) in [5.41, 5.74) is 0.674. The first-order chi connectivity index (χ1) is 8.71. The highest BCUT2D eigenvalue weighted by molar-refractivity contribution is 5.78. The molecule has 1 aromatic rings. The van der Waals surface area contributed by atoms with E-state index in [4.69, 9.17) is 0 Å². The summed E-state index contributed by atoms with van der Waals surface area (Å²) in [6, 6.07) is 10.4. The Kier molecular flexibility index (Phi) is 2.69. The smallest absolute Gasteiger partial charge is 0.310 e. The summed E-state index contributed by atoms with van der Waals surface area (Å²) < 4.78 is 0. The van der Waals surface area contributed by atoms with Crippen molar-refractivity contribution in [2.45, 2.75) is 50.4 Å². The molecule has 0 aliphatic heterocycles. The topological polar surface area (TPSA) is 37.3 Å². The van der Waals surface area contributed by atoms with Gasteiger partial charge in [0.25, 0.3) is 0 Å². The summed E-state index contributed by atoms with van der Waals surface area (Å²) in [6.45, 7) is 0. The van der Waals surface area contributed by atoms with Gasteiger partial charge in [-0.15, -0.1) is 0 Å². The Morgan fingerprint density at radius 3 is 2.00 bits per heavy atom. The van der Waals surface area contributed by atoms with Crippen LogP contribution in [0, 0.1) is 5.41 Å². The van der Waals surface area contributed by atoms with E-state index in [9.17, 15) is 9.90 Å². The summed E-state index contributed by atoms with van der Waals surface area (Å²) in [5.74, 6) is -0.570. The summed E-state index contributed by atoms with van der Waals surface area (Å²) in [4.78, 5) is 11.9. The standard InChI is InChI=1S/C16H20O2/c17-14(18)16(11-6-12-16)15(9-4-5-10-15)13-7-2-1-3-8-13/h1-3,7-8H,4-6,9-12H2,(H,17,18). The van der Waals surface area contributed by atoms with Crippen molar-refractivity contribution in [3.05, 3.63) is 35.9 Å². The highest BCUT2D eigenvalue weighted by atomic mass is 16.4. The molecule has 0 atom stereocenters. The molecule has 0 bridgehead atoms. The lowest BCUT2D eigenvalue weighted by atomic mass is 9.50. The van der Waals surface area contributed by atoms with Crippen LogP contribution in [0.2, 0.25) is 0 Å². The van der Waals surface area contributed by atoms with Crippen LogP contribution in [0.1, 0.15) is 50.5 Å². The Morgan fingerprint density at radius 1 is 0.944 bits per heavy atom. The molecular weight excluding hydrogens is 224 g/mol. The largest absolute Gasteiger partial charge is 0.481 e. The molecule has 0 spiro atoms. The van der Waals surface area contributed by atoms with E-state index in [1.54, 1.807) is 0 Å². The third-order valence-electron chi connectivity index (χ3n) is 5.32. The molecule has 0 heterocycles.